The fourth-order valence-electron chi connectivity index (χ4n) is 4.33. The molecule has 37 heavy (non-hydrogen) atoms. The standard InChI is InChI=1S/C31H36N4OS/c1-21(2)25-17-11-18-26(22(3)4)29(25)33-30(36)32-19-12-20-37-31-34-27(23-13-7-5-8-14-23)28(35-31)24-15-9-6-10-16-24/h5-11,13-18,21-22H,12,19-20H2,1-4H3,(H,34,35)(H2,32,33,36). The number of rotatable bonds is 10. The van der Waals surface area contributed by atoms with Crippen LogP contribution in [0, 0.1) is 0 Å². The maximum absolute atomic E-state index is 12.7. The summed E-state index contributed by atoms with van der Waals surface area (Å²) in [5.41, 5.74) is 7.45. The lowest BCUT2D eigenvalue weighted by Crippen LogP contribution is -2.30. The molecule has 0 saturated heterocycles. The summed E-state index contributed by atoms with van der Waals surface area (Å²) in [5, 5.41) is 7.03. The highest BCUT2D eigenvalue weighted by atomic mass is 32.2. The van der Waals surface area contributed by atoms with Crippen molar-refractivity contribution in [2.75, 3.05) is 17.6 Å². The van der Waals surface area contributed by atoms with Gasteiger partial charge in [0.25, 0.3) is 0 Å². The number of aromatic nitrogens is 2. The lowest BCUT2D eigenvalue weighted by molar-refractivity contribution is 0.252. The smallest absolute Gasteiger partial charge is 0.319 e. The molecular formula is C31H36N4OS. The van der Waals surface area contributed by atoms with Crippen molar-refractivity contribution >= 4 is 23.5 Å². The number of hydrogen-bond donors (Lipinski definition) is 3. The molecule has 4 rings (SSSR count). The number of nitrogens with one attached hydrogen (secondary N) is 3. The van der Waals surface area contributed by atoms with E-state index in [4.69, 9.17) is 4.98 Å². The first-order chi connectivity index (χ1) is 17.9. The number of benzene rings is 3. The molecule has 0 atom stereocenters. The summed E-state index contributed by atoms with van der Waals surface area (Å²) in [5.74, 6) is 1.51. The number of anilines is 1. The first-order valence-electron chi connectivity index (χ1n) is 12.9. The number of urea groups is 1. The number of hydrogen-bond acceptors (Lipinski definition) is 3. The zero-order valence-electron chi connectivity index (χ0n) is 22.0. The van der Waals surface area contributed by atoms with E-state index in [-0.39, 0.29) is 6.03 Å². The summed E-state index contributed by atoms with van der Waals surface area (Å²) in [4.78, 5) is 21.1. The Morgan fingerprint density at radius 2 is 1.43 bits per heavy atom. The molecule has 0 bridgehead atoms. The number of H-pyrrole nitrogens is 1. The SMILES string of the molecule is CC(C)c1cccc(C(C)C)c1NC(=O)NCCCSc1nc(-c2ccccc2)c(-c2ccccc2)[nH]1. The van der Waals surface area contributed by atoms with Crippen molar-refractivity contribution in [1.29, 1.82) is 0 Å². The van der Waals surface area contributed by atoms with Crippen molar-refractivity contribution in [2.24, 2.45) is 0 Å². The first kappa shape index (κ1) is 26.6. The number of amides is 2. The van der Waals surface area contributed by atoms with Crippen molar-refractivity contribution in [2.45, 2.75) is 51.1 Å². The van der Waals surface area contributed by atoms with E-state index in [0.717, 1.165) is 56.7 Å². The molecule has 3 N–H and O–H groups in total. The van der Waals surface area contributed by atoms with E-state index >= 15 is 0 Å². The van der Waals surface area contributed by atoms with Gasteiger partial charge in [0.1, 0.15) is 0 Å². The summed E-state index contributed by atoms with van der Waals surface area (Å²) in [7, 11) is 0. The molecular weight excluding hydrogens is 476 g/mol. The minimum atomic E-state index is -0.157. The number of imidazole rings is 1. The first-order valence-corrected chi connectivity index (χ1v) is 13.9. The van der Waals surface area contributed by atoms with Gasteiger partial charge >= 0.3 is 6.03 Å². The fraction of sp³-hybridized carbons (Fsp3) is 0.290. The maximum Gasteiger partial charge on any atom is 0.319 e. The molecule has 0 saturated carbocycles. The number of nitrogens with zero attached hydrogens (tertiary/aromatic N) is 1. The second kappa shape index (κ2) is 12.6. The fourth-order valence-corrected chi connectivity index (χ4v) is 5.15. The third kappa shape index (κ3) is 6.83. The molecule has 0 radical (unpaired) electrons. The minimum absolute atomic E-state index is 0.157. The molecule has 2 amide bonds. The number of thioether (sulfide) groups is 1. The molecule has 0 fully saturated rings. The lowest BCUT2D eigenvalue weighted by atomic mass is 9.93. The monoisotopic (exact) mass is 512 g/mol. The van der Waals surface area contributed by atoms with Crippen molar-refractivity contribution in [1.82, 2.24) is 15.3 Å². The molecule has 6 heteroatoms. The van der Waals surface area contributed by atoms with Crippen LogP contribution in [0.2, 0.25) is 0 Å². The molecule has 192 valence electrons. The average molecular weight is 513 g/mol. The van der Waals surface area contributed by atoms with Crippen LogP contribution in [0.5, 0.6) is 0 Å². The van der Waals surface area contributed by atoms with Crippen LogP contribution in [0.3, 0.4) is 0 Å². The molecule has 4 aromatic rings. The lowest BCUT2D eigenvalue weighted by Gasteiger charge is -2.20. The summed E-state index contributed by atoms with van der Waals surface area (Å²) in [6, 6.07) is 26.7. The zero-order chi connectivity index (χ0) is 26.2. The molecule has 1 aromatic heterocycles. The van der Waals surface area contributed by atoms with Crippen LogP contribution in [0.25, 0.3) is 22.5 Å². The number of carbonyl (C=O) groups excluding carboxylic acids is 1. The van der Waals surface area contributed by atoms with E-state index in [2.05, 4.69) is 85.8 Å². The highest BCUT2D eigenvalue weighted by Crippen LogP contribution is 2.33. The third-order valence-corrected chi connectivity index (χ3v) is 7.21. The summed E-state index contributed by atoms with van der Waals surface area (Å²) in [6.07, 6.45) is 0.836. The highest BCUT2D eigenvalue weighted by Gasteiger charge is 2.16. The minimum Gasteiger partial charge on any atom is -0.338 e. The quantitative estimate of drug-likeness (QED) is 0.148. The van der Waals surface area contributed by atoms with Crippen LogP contribution in [-0.2, 0) is 0 Å². The Labute approximate surface area is 224 Å². The van der Waals surface area contributed by atoms with Crippen LogP contribution >= 0.6 is 11.8 Å². The van der Waals surface area contributed by atoms with Crippen LogP contribution in [0.15, 0.2) is 84.0 Å². The maximum atomic E-state index is 12.7. The van der Waals surface area contributed by atoms with Gasteiger partial charge in [0, 0.05) is 29.1 Å². The van der Waals surface area contributed by atoms with E-state index in [0.29, 0.717) is 18.4 Å². The largest absolute Gasteiger partial charge is 0.338 e. The molecule has 0 aliphatic rings. The Hall–Kier alpha value is -3.51. The van der Waals surface area contributed by atoms with Gasteiger partial charge in [0.15, 0.2) is 5.16 Å². The number of para-hydroxylation sites is 1. The van der Waals surface area contributed by atoms with Crippen LogP contribution in [0.4, 0.5) is 10.5 Å². The third-order valence-electron chi connectivity index (χ3n) is 6.25. The van der Waals surface area contributed by atoms with Crippen LogP contribution in [-0.4, -0.2) is 28.3 Å². The molecule has 0 unspecified atom stereocenters. The molecule has 5 nitrogen and oxygen atoms in total. The number of aromatic amines is 1. The van der Waals surface area contributed by atoms with E-state index < -0.39 is 0 Å². The Balaban J connectivity index is 1.35. The van der Waals surface area contributed by atoms with Gasteiger partial charge in [-0.1, -0.05) is 118 Å². The summed E-state index contributed by atoms with van der Waals surface area (Å²) in [6.45, 7) is 9.21. The van der Waals surface area contributed by atoms with Gasteiger partial charge in [0.2, 0.25) is 0 Å². The number of carbonyl (C=O) groups is 1. The topological polar surface area (TPSA) is 69.8 Å². The van der Waals surface area contributed by atoms with Crippen molar-refractivity contribution in [3.8, 4) is 22.5 Å². The second-order valence-electron chi connectivity index (χ2n) is 9.70. The van der Waals surface area contributed by atoms with Gasteiger partial charge < -0.3 is 15.6 Å². The van der Waals surface area contributed by atoms with Gasteiger partial charge in [0.05, 0.1) is 11.4 Å². The molecule has 3 aromatic carbocycles. The van der Waals surface area contributed by atoms with Crippen LogP contribution in [0.1, 0.15) is 57.1 Å². The normalized spacial score (nSPS) is 11.2. The predicted octanol–water partition coefficient (Wildman–Crippen LogP) is 8.29. The zero-order valence-corrected chi connectivity index (χ0v) is 22.9. The van der Waals surface area contributed by atoms with Gasteiger partial charge in [-0.05, 0) is 29.4 Å². The predicted molar refractivity (Wildman–Crippen MR) is 156 cm³/mol. The molecule has 0 spiro atoms. The van der Waals surface area contributed by atoms with E-state index in [1.54, 1.807) is 11.8 Å². The van der Waals surface area contributed by atoms with Gasteiger partial charge in [-0.2, -0.15) is 0 Å². The van der Waals surface area contributed by atoms with Crippen LogP contribution < -0.4 is 10.6 Å². The molecule has 0 aliphatic carbocycles. The Morgan fingerprint density at radius 1 is 0.838 bits per heavy atom. The Morgan fingerprint density at radius 3 is 2.03 bits per heavy atom. The highest BCUT2D eigenvalue weighted by molar-refractivity contribution is 7.99. The van der Waals surface area contributed by atoms with Crippen molar-refractivity contribution in [3.05, 3.63) is 90.0 Å². The molecule has 0 aliphatic heterocycles. The van der Waals surface area contributed by atoms with Crippen molar-refractivity contribution in [3.63, 3.8) is 0 Å². The van der Waals surface area contributed by atoms with E-state index in [1.165, 1.54) is 0 Å². The molecule has 1 heterocycles. The van der Waals surface area contributed by atoms with E-state index in [9.17, 15) is 4.79 Å². The second-order valence-corrected chi connectivity index (χ2v) is 10.8. The Bertz CT molecular complexity index is 1220. The van der Waals surface area contributed by atoms with Crippen molar-refractivity contribution < 1.29 is 4.79 Å². The summed E-state index contributed by atoms with van der Waals surface area (Å²) < 4.78 is 0. The van der Waals surface area contributed by atoms with Gasteiger partial charge in [-0.15, -0.1) is 0 Å². The Kier molecular flexibility index (Phi) is 9.07. The summed E-state index contributed by atoms with van der Waals surface area (Å²) >= 11 is 1.67. The average Bonchev–Trinajstić information content (AvgIpc) is 3.33. The van der Waals surface area contributed by atoms with Gasteiger partial charge in [-0.25, -0.2) is 9.78 Å². The van der Waals surface area contributed by atoms with Gasteiger partial charge in [-0.3, -0.25) is 0 Å². The van der Waals surface area contributed by atoms with E-state index in [1.807, 2.05) is 36.4 Å².